The Kier molecular flexibility index (Phi) is 6.71. The van der Waals surface area contributed by atoms with E-state index >= 15 is 0 Å². The van der Waals surface area contributed by atoms with Crippen molar-refractivity contribution in [2.75, 3.05) is 0 Å². The van der Waals surface area contributed by atoms with Gasteiger partial charge in [0.25, 0.3) is 0 Å². The molecule has 0 aliphatic rings. The third kappa shape index (κ3) is 6.26. The van der Waals surface area contributed by atoms with Gasteiger partial charge in [-0.15, -0.1) is 18.2 Å². The number of carbonyl (C=O) groups excluding carboxylic acids is 1. The van der Waals surface area contributed by atoms with E-state index < -0.39 is 29.2 Å². The maximum atomic E-state index is 11.7. The third-order valence-electron chi connectivity index (χ3n) is 2.32. The van der Waals surface area contributed by atoms with Gasteiger partial charge in [0.2, 0.25) is 0 Å². The average Bonchev–Trinajstić information content (AvgIpc) is 2.20. The van der Waals surface area contributed by atoms with Crippen LogP contribution in [0.3, 0.4) is 0 Å². The van der Waals surface area contributed by atoms with Crippen LogP contribution >= 0.6 is 11.6 Å². The number of rotatable bonds is 5. The number of carbonyl (C=O) groups is 1. The van der Waals surface area contributed by atoms with Crippen LogP contribution < -0.4 is 5.32 Å². The van der Waals surface area contributed by atoms with Gasteiger partial charge in [-0.2, -0.15) is 0 Å². The van der Waals surface area contributed by atoms with E-state index in [0.717, 1.165) is 0 Å². The molecule has 5 heteroatoms. The van der Waals surface area contributed by atoms with Gasteiger partial charge in [0.15, 0.2) is 0 Å². The quantitative estimate of drug-likeness (QED) is 0.600. The Labute approximate surface area is 114 Å². The molecule has 0 aromatic carbocycles. The van der Waals surface area contributed by atoms with Crippen molar-refractivity contribution < 1.29 is 14.6 Å². The van der Waals surface area contributed by atoms with Crippen molar-refractivity contribution in [1.29, 1.82) is 0 Å². The Morgan fingerprint density at radius 2 is 1.94 bits per heavy atom. The van der Waals surface area contributed by atoms with Gasteiger partial charge in [0.05, 0.1) is 17.5 Å². The van der Waals surface area contributed by atoms with Crippen LogP contribution in [0.1, 0.15) is 34.6 Å². The van der Waals surface area contributed by atoms with E-state index in [4.69, 9.17) is 16.3 Å². The van der Waals surface area contributed by atoms with E-state index in [0.29, 0.717) is 0 Å². The first-order valence-electron chi connectivity index (χ1n) is 6.02. The Balaban J connectivity index is 4.64. The van der Waals surface area contributed by atoms with E-state index in [1.54, 1.807) is 20.8 Å². The van der Waals surface area contributed by atoms with Gasteiger partial charge >= 0.3 is 6.09 Å². The van der Waals surface area contributed by atoms with E-state index in [1.807, 2.05) is 13.8 Å². The fraction of sp³-hybridized carbons (Fsp3) is 0.769. The first-order valence-corrected chi connectivity index (χ1v) is 6.46. The lowest BCUT2D eigenvalue weighted by Gasteiger charge is -2.30. The first kappa shape index (κ1) is 17.3. The summed E-state index contributed by atoms with van der Waals surface area (Å²) in [6.45, 7) is 12.6. The van der Waals surface area contributed by atoms with Crippen molar-refractivity contribution in [3.05, 3.63) is 12.7 Å². The van der Waals surface area contributed by atoms with Gasteiger partial charge in [0.1, 0.15) is 5.60 Å². The van der Waals surface area contributed by atoms with Crippen LogP contribution in [0.25, 0.3) is 0 Å². The Morgan fingerprint density at radius 1 is 1.44 bits per heavy atom. The summed E-state index contributed by atoms with van der Waals surface area (Å²) in [7, 11) is 0. The van der Waals surface area contributed by atoms with Crippen molar-refractivity contribution >= 4 is 17.7 Å². The molecule has 0 aliphatic carbocycles. The lowest BCUT2D eigenvalue weighted by atomic mass is 9.96. The highest BCUT2D eigenvalue weighted by molar-refractivity contribution is 6.22. The molecule has 0 spiro atoms. The molecule has 0 saturated carbocycles. The van der Waals surface area contributed by atoms with E-state index in [-0.39, 0.29) is 5.92 Å². The maximum absolute atomic E-state index is 11.7. The van der Waals surface area contributed by atoms with Gasteiger partial charge in [0, 0.05) is 0 Å². The second-order valence-corrected chi connectivity index (χ2v) is 6.09. The van der Waals surface area contributed by atoms with E-state index in [1.165, 1.54) is 6.08 Å². The second-order valence-electron chi connectivity index (χ2n) is 5.59. The summed E-state index contributed by atoms with van der Waals surface area (Å²) in [6, 6.07) is -0.486. The minimum absolute atomic E-state index is 0.0220. The van der Waals surface area contributed by atoms with Crippen LogP contribution in [0.5, 0.6) is 0 Å². The monoisotopic (exact) mass is 277 g/mol. The Bertz CT molecular complexity index is 286. The van der Waals surface area contributed by atoms with Gasteiger partial charge in [-0.3, -0.25) is 0 Å². The molecule has 0 heterocycles. The Hall–Kier alpha value is -0.740. The average molecular weight is 278 g/mol. The fourth-order valence-corrected chi connectivity index (χ4v) is 1.58. The van der Waals surface area contributed by atoms with Crippen LogP contribution in [0, 0.1) is 5.92 Å². The lowest BCUT2D eigenvalue weighted by molar-refractivity contribution is 0.0384. The van der Waals surface area contributed by atoms with Crippen LogP contribution in [0.2, 0.25) is 0 Å². The minimum Gasteiger partial charge on any atom is -0.444 e. The van der Waals surface area contributed by atoms with Gasteiger partial charge in [-0.1, -0.05) is 19.9 Å². The zero-order valence-electron chi connectivity index (χ0n) is 11.7. The molecule has 0 unspecified atom stereocenters. The molecule has 1 amide bonds. The molecule has 18 heavy (non-hydrogen) atoms. The highest BCUT2D eigenvalue weighted by Crippen LogP contribution is 2.16. The van der Waals surface area contributed by atoms with Gasteiger partial charge in [-0.05, 0) is 26.7 Å². The molecule has 0 saturated heterocycles. The zero-order valence-corrected chi connectivity index (χ0v) is 12.5. The zero-order chi connectivity index (χ0) is 14.5. The molecule has 0 aromatic rings. The van der Waals surface area contributed by atoms with E-state index in [2.05, 4.69) is 11.9 Å². The van der Waals surface area contributed by atoms with Crippen LogP contribution in [-0.2, 0) is 4.74 Å². The van der Waals surface area contributed by atoms with Crippen molar-refractivity contribution in [3.63, 3.8) is 0 Å². The number of amides is 1. The third-order valence-corrected chi connectivity index (χ3v) is 2.76. The number of ether oxygens (including phenoxy) is 1. The standard InChI is InChI=1S/C13H24ClNO3/c1-7-9(14)11(16)10(8(2)3)15-12(17)18-13(4,5)6/h7-11,16H,1H2,2-6H3,(H,15,17)/t9-,10-,11+/m0/s1. The summed E-state index contributed by atoms with van der Waals surface area (Å²) >= 11 is 5.91. The highest BCUT2D eigenvalue weighted by Gasteiger charge is 2.30. The summed E-state index contributed by atoms with van der Waals surface area (Å²) in [6.07, 6.45) is -0.0249. The lowest BCUT2D eigenvalue weighted by Crippen LogP contribution is -2.51. The molecule has 0 rings (SSSR count). The van der Waals surface area contributed by atoms with Crippen molar-refractivity contribution in [3.8, 4) is 0 Å². The number of halogens is 1. The summed E-state index contributed by atoms with van der Waals surface area (Å²) in [5.41, 5.74) is -0.574. The first-order chi connectivity index (χ1) is 8.08. The summed E-state index contributed by atoms with van der Waals surface area (Å²) < 4.78 is 5.15. The molecule has 0 aromatic heterocycles. The molecular weight excluding hydrogens is 254 g/mol. The summed E-state index contributed by atoms with van der Waals surface area (Å²) in [5.74, 6) is 0.0220. The van der Waals surface area contributed by atoms with Crippen molar-refractivity contribution in [2.24, 2.45) is 5.92 Å². The SMILES string of the molecule is C=C[C@H](Cl)[C@@H](O)[C@@H](NC(=O)OC(C)(C)C)C(C)C. The molecule has 0 aliphatic heterocycles. The maximum Gasteiger partial charge on any atom is 0.407 e. The molecule has 0 radical (unpaired) electrons. The number of aliphatic hydroxyl groups excluding tert-OH is 1. The molecular formula is C13H24ClNO3. The van der Waals surface area contributed by atoms with Crippen LogP contribution in [-0.4, -0.2) is 34.3 Å². The number of hydrogen-bond acceptors (Lipinski definition) is 3. The van der Waals surface area contributed by atoms with E-state index in [9.17, 15) is 9.90 Å². The number of nitrogens with one attached hydrogen (secondary N) is 1. The normalized spacial score (nSPS) is 16.9. The molecule has 3 atom stereocenters. The molecule has 2 N–H and O–H groups in total. The number of aliphatic hydroxyl groups is 1. The number of hydrogen-bond donors (Lipinski definition) is 2. The molecule has 106 valence electrons. The molecule has 0 bridgehead atoms. The number of alkyl halides is 1. The predicted molar refractivity (Wildman–Crippen MR) is 73.8 cm³/mol. The molecule has 4 nitrogen and oxygen atoms in total. The number of alkyl carbamates (subject to hydrolysis) is 1. The van der Waals surface area contributed by atoms with Gasteiger partial charge < -0.3 is 15.2 Å². The predicted octanol–water partition coefficient (Wildman–Crippen LogP) is 2.69. The van der Waals surface area contributed by atoms with Crippen molar-refractivity contribution in [1.82, 2.24) is 5.32 Å². The Morgan fingerprint density at radius 3 is 2.28 bits per heavy atom. The minimum atomic E-state index is -0.906. The fourth-order valence-electron chi connectivity index (χ4n) is 1.43. The molecule has 0 fully saturated rings. The smallest absolute Gasteiger partial charge is 0.407 e. The van der Waals surface area contributed by atoms with Crippen LogP contribution in [0.4, 0.5) is 4.79 Å². The van der Waals surface area contributed by atoms with Crippen molar-refractivity contribution in [2.45, 2.75) is 57.7 Å². The topological polar surface area (TPSA) is 58.6 Å². The summed E-state index contributed by atoms with van der Waals surface area (Å²) in [5, 5.41) is 12.0. The highest BCUT2D eigenvalue weighted by atomic mass is 35.5. The summed E-state index contributed by atoms with van der Waals surface area (Å²) in [4.78, 5) is 11.7. The largest absolute Gasteiger partial charge is 0.444 e. The second kappa shape index (κ2) is 7.00. The van der Waals surface area contributed by atoms with Crippen LogP contribution in [0.15, 0.2) is 12.7 Å². The van der Waals surface area contributed by atoms with Gasteiger partial charge in [-0.25, -0.2) is 4.79 Å².